The molecule has 3 aromatic rings. The maximum absolute atomic E-state index is 12.1. The van der Waals surface area contributed by atoms with Crippen molar-refractivity contribution < 1.29 is 75.8 Å². The summed E-state index contributed by atoms with van der Waals surface area (Å²) >= 11 is 0. The van der Waals surface area contributed by atoms with Crippen LogP contribution in [0.1, 0.15) is 6.23 Å². The van der Waals surface area contributed by atoms with Gasteiger partial charge in [0.05, 0.1) is 39.8 Å². The molecule has 7 atom stereocenters. The Balaban J connectivity index is 1.73. The van der Waals surface area contributed by atoms with Crippen LogP contribution in [0.5, 0.6) is 5.75 Å². The van der Waals surface area contributed by atoms with Crippen molar-refractivity contribution in [2.75, 3.05) is 12.3 Å². The average molecular weight is 715 g/mol. The zero-order valence-corrected chi connectivity index (χ0v) is 24.4. The lowest BCUT2D eigenvalue weighted by Crippen LogP contribution is -2.38. The molecule has 1 aromatic carbocycles. The third kappa shape index (κ3) is 7.64. The van der Waals surface area contributed by atoms with E-state index in [0.29, 0.717) is 12.1 Å². The number of anilines is 1. The van der Waals surface area contributed by atoms with E-state index in [1.807, 2.05) is 0 Å². The molecule has 7 unspecified atom stereocenters. The summed E-state index contributed by atoms with van der Waals surface area (Å²) in [6.45, 7) is -1.37. The lowest BCUT2D eigenvalue weighted by Gasteiger charge is -2.33. The van der Waals surface area contributed by atoms with E-state index in [0.717, 1.165) is 17.2 Å². The topological polar surface area (TPSA) is 406 Å². The molecule has 3 heterocycles. The van der Waals surface area contributed by atoms with Crippen LogP contribution >= 0.6 is 23.5 Å². The first-order valence-corrected chi connectivity index (χ1v) is 15.9. The first kappa shape index (κ1) is 34.8. The smallest absolute Gasteiger partial charge is 0.325 e. The highest BCUT2D eigenvalue weighted by molar-refractivity contribution is 7.65. The number of hydrogen-bond donors (Lipinski definition) is 3. The third-order valence-corrected chi connectivity index (χ3v) is 9.36. The summed E-state index contributed by atoms with van der Waals surface area (Å²) in [6, 6.07) is 0.643. The summed E-state index contributed by atoms with van der Waals surface area (Å²) in [5.74, 6) is -1.40. The number of hydrogen-bond acceptors (Lipinski definition) is 22. The maximum atomic E-state index is 12.1. The average Bonchev–Trinajstić information content (AvgIpc) is 3.47. The number of phosphoric ester groups is 1. The molecule has 1 aliphatic rings. The summed E-state index contributed by atoms with van der Waals surface area (Å²) in [5.41, 5.74) is 1.82. The van der Waals surface area contributed by atoms with E-state index in [4.69, 9.17) is 20.1 Å². The largest absolute Gasteiger partial charge is 0.756 e. The lowest BCUT2D eigenvalue weighted by molar-refractivity contribution is -0.404. The second kappa shape index (κ2) is 12.6. The van der Waals surface area contributed by atoms with Gasteiger partial charge in [0.2, 0.25) is 0 Å². The van der Waals surface area contributed by atoms with Gasteiger partial charge in [0.15, 0.2) is 23.8 Å². The number of nitro groups is 3. The van der Waals surface area contributed by atoms with Crippen molar-refractivity contribution in [1.82, 2.24) is 19.5 Å². The number of aliphatic hydroxyl groups is 1. The second-order valence-corrected chi connectivity index (χ2v) is 12.9. The van der Waals surface area contributed by atoms with E-state index in [-0.39, 0.29) is 17.0 Å². The Morgan fingerprint density at radius 1 is 0.957 bits per heavy atom. The molecule has 0 aliphatic carbocycles. The molecule has 0 bridgehead atoms. The van der Waals surface area contributed by atoms with Crippen LogP contribution < -0.4 is 25.2 Å². The van der Waals surface area contributed by atoms with E-state index >= 15 is 0 Å². The molecule has 30 heteroatoms. The van der Waals surface area contributed by atoms with Crippen molar-refractivity contribution >= 4 is 57.5 Å². The molecule has 250 valence electrons. The van der Waals surface area contributed by atoms with Gasteiger partial charge in [-0.25, -0.2) is 23.6 Å². The number of fused-ring (bicyclic) bond motifs is 1. The third-order valence-electron chi connectivity index (χ3n) is 5.67. The fourth-order valence-corrected chi connectivity index (χ4v) is 6.83. The van der Waals surface area contributed by atoms with Crippen molar-refractivity contribution in [3.05, 3.63) is 55.1 Å². The van der Waals surface area contributed by atoms with E-state index < -0.39 is 92.2 Å². The molecule has 1 aliphatic heterocycles. The molecule has 2 aromatic heterocycles. The van der Waals surface area contributed by atoms with Crippen molar-refractivity contribution in [2.45, 2.75) is 24.5 Å². The fourth-order valence-electron chi connectivity index (χ4n) is 3.93. The number of nitrogens with two attached hydrogens (primary N) is 1. The van der Waals surface area contributed by atoms with E-state index in [1.165, 1.54) is 0 Å². The van der Waals surface area contributed by atoms with Crippen molar-refractivity contribution in [2.24, 2.45) is 0 Å². The fraction of sp³-hybridized carbons (Fsp3) is 0.312. The molecule has 4 rings (SSSR count). The molecule has 0 radical (unpaired) electrons. The Hall–Kier alpha value is -4.10. The molecular weight excluding hydrogens is 701 g/mol. The van der Waals surface area contributed by atoms with Gasteiger partial charge >= 0.3 is 11.4 Å². The quantitative estimate of drug-likeness (QED) is 0.101. The van der Waals surface area contributed by atoms with E-state index in [1.54, 1.807) is 0 Å². The van der Waals surface area contributed by atoms with Gasteiger partial charge in [0.1, 0.15) is 24.1 Å². The summed E-state index contributed by atoms with van der Waals surface area (Å²) in [7, 11) is -18.5. The summed E-state index contributed by atoms with van der Waals surface area (Å²) < 4.78 is 57.2. The van der Waals surface area contributed by atoms with Crippen molar-refractivity contribution in [1.29, 1.82) is 0 Å². The number of imidazole rings is 1. The Morgan fingerprint density at radius 3 is 2.11 bits per heavy atom. The molecule has 0 spiro atoms. The monoisotopic (exact) mass is 715 g/mol. The van der Waals surface area contributed by atoms with Gasteiger partial charge < -0.3 is 44.4 Å². The number of rotatable bonds is 13. The number of benzene rings is 1. The highest BCUT2D eigenvalue weighted by Crippen LogP contribution is 2.61. The van der Waals surface area contributed by atoms with Crippen LogP contribution in [-0.4, -0.2) is 69.2 Å². The highest BCUT2D eigenvalue weighted by Gasteiger charge is 2.49. The van der Waals surface area contributed by atoms with E-state index in [2.05, 4.69) is 28.1 Å². The normalized spacial score (nSPS) is 23.7. The standard InChI is InChI=1S/C16H17N8O19P3/c17-14-10-15(19-4-18-14)21(5-20-10)16-13(41-12-7(23(28)29)1-6(22(26)27)2-8(12)24(30)31)11(25)9(40-16)3-39-45(35,36)43-46(37,38)42-44(32,33)34/h1-2,4-5,9,11,13,16,25H,3H2,(H,35,36)(H,37,38)(H2,17,18,19)(H2,32,33,34)/p-3. The molecular formula is C16H14N8O19P3-3. The van der Waals surface area contributed by atoms with Gasteiger partial charge in [-0.3, -0.25) is 48.6 Å². The van der Waals surface area contributed by atoms with Crippen LogP contribution in [0.15, 0.2) is 24.8 Å². The summed E-state index contributed by atoms with van der Waals surface area (Å²) in [5, 5.41) is 45.8. The minimum Gasteiger partial charge on any atom is -0.756 e. The first-order chi connectivity index (χ1) is 21.2. The predicted molar refractivity (Wildman–Crippen MR) is 134 cm³/mol. The van der Waals surface area contributed by atoms with Crippen LogP contribution in [0.25, 0.3) is 11.2 Å². The number of non-ortho nitro benzene ring substituents is 1. The molecule has 1 saturated heterocycles. The minimum atomic E-state index is -6.31. The van der Waals surface area contributed by atoms with Crippen LogP contribution in [0.4, 0.5) is 22.9 Å². The molecule has 4 N–H and O–H groups in total. The number of aromatic nitrogens is 4. The Kier molecular flexibility index (Phi) is 9.52. The number of nitrogens with zero attached hydrogens (tertiary/aromatic N) is 7. The predicted octanol–water partition coefficient (Wildman–Crippen LogP) is -1.71. The Labute approximate surface area is 251 Å². The van der Waals surface area contributed by atoms with Gasteiger partial charge in [-0.1, -0.05) is 0 Å². The number of nitrogen functional groups attached to an aromatic ring is 1. The summed E-state index contributed by atoms with van der Waals surface area (Å²) in [4.78, 5) is 85.3. The van der Waals surface area contributed by atoms with Crippen LogP contribution in [-0.2, 0) is 31.6 Å². The molecule has 0 saturated carbocycles. The Morgan fingerprint density at radius 2 is 1.57 bits per heavy atom. The molecule has 0 amide bonds. The van der Waals surface area contributed by atoms with Gasteiger partial charge in [0.25, 0.3) is 34.9 Å². The minimum absolute atomic E-state index is 0.0745. The number of aliphatic hydroxyl groups excluding tert-OH is 1. The van der Waals surface area contributed by atoms with E-state index in [9.17, 15) is 63.8 Å². The molecule has 1 fully saturated rings. The van der Waals surface area contributed by atoms with Gasteiger partial charge in [-0.05, 0) is 0 Å². The number of phosphoric acid groups is 3. The van der Waals surface area contributed by atoms with Gasteiger partial charge in [-0.15, -0.1) is 0 Å². The Bertz CT molecular complexity index is 1830. The highest BCUT2D eigenvalue weighted by atomic mass is 31.3. The summed E-state index contributed by atoms with van der Waals surface area (Å²) in [6.07, 6.45) is -6.03. The van der Waals surface area contributed by atoms with Gasteiger partial charge in [-0.2, -0.15) is 0 Å². The molecule has 27 nitrogen and oxygen atoms in total. The van der Waals surface area contributed by atoms with Crippen LogP contribution in [0, 0.1) is 30.3 Å². The number of ether oxygens (including phenoxy) is 2. The number of nitro benzene ring substituents is 3. The van der Waals surface area contributed by atoms with Crippen LogP contribution in [0.3, 0.4) is 0 Å². The zero-order chi connectivity index (χ0) is 34.4. The van der Waals surface area contributed by atoms with Crippen molar-refractivity contribution in [3.63, 3.8) is 0 Å². The lowest BCUT2D eigenvalue weighted by atomic mass is 10.1. The maximum Gasteiger partial charge on any atom is 0.325 e. The SMILES string of the molecule is Nc1ncnc2c1ncn2C1OC(COP(=O)([O-])OP(=O)([O-])OP(=O)([O-])O)C(O)C1Oc1c([N+](=O)[O-])cc([N+](=O)[O-])cc1[N+](=O)[O-]. The second-order valence-electron chi connectivity index (χ2n) is 8.63. The van der Waals surface area contributed by atoms with Crippen LogP contribution in [0.2, 0.25) is 0 Å². The zero-order valence-electron chi connectivity index (χ0n) is 21.7. The first-order valence-electron chi connectivity index (χ1n) is 11.5. The van der Waals surface area contributed by atoms with Crippen molar-refractivity contribution in [3.8, 4) is 5.75 Å². The van der Waals surface area contributed by atoms with Gasteiger partial charge in [0, 0.05) is 0 Å². The molecule has 46 heavy (non-hydrogen) atoms.